The molecule has 1 atom stereocenters. The van der Waals surface area contributed by atoms with Gasteiger partial charge < -0.3 is 5.73 Å². The van der Waals surface area contributed by atoms with E-state index in [0.29, 0.717) is 5.92 Å². The van der Waals surface area contributed by atoms with Crippen LogP contribution >= 0.6 is 0 Å². The zero-order valence-electron chi connectivity index (χ0n) is 10.4. The van der Waals surface area contributed by atoms with Crippen LogP contribution in [0.25, 0.3) is 0 Å². The van der Waals surface area contributed by atoms with Crippen LogP contribution in [0.2, 0.25) is 0 Å². The third-order valence-corrected chi connectivity index (χ3v) is 3.23. The first kappa shape index (κ1) is 13.2. The van der Waals surface area contributed by atoms with E-state index in [1.54, 1.807) is 0 Å². The second-order valence-electron chi connectivity index (χ2n) is 4.63. The Morgan fingerprint density at radius 3 is 2.62 bits per heavy atom. The first-order chi connectivity index (χ1) is 7.71. The van der Waals surface area contributed by atoms with Gasteiger partial charge in [0.2, 0.25) is 0 Å². The third kappa shape index (κ3) is 3.62. The van der Waals surface area contributed by atoms with Gasteiger partial charge in [0.25, 0.3) is 0 Å². The molecule has 2 N–H and O–H groups in total. The summed E-state index contributed by atoms with van der Waals surface area (Å²) in [5.74, 6) is 0.682. The second-order valence-corrected chi connectivity index (χ2v) is 4.63. The fraction of sp³-hybridized carbons (Fsp3) is 0.571. The summed E-state index contributed by atoms with van der Waals surface area (Å²) in [6.07, 6.45) is 6.15. The molecule has 0 saturated heterocycles. The van der Waals surface area contributed by atoms with Gasteiger partial charge in [-0.25, -0.2) is 0 Å². The summed E-state index contributed by atoms with van der Waals surface area (Å²) in [5, 5.41) is 0. The zero-order chi connectivity index (χ0) is 12.0. The number of nitrogens with two attached hydrogens (primary N) is 1. The summed E-state index contributed by atoms with van der Waals surface area (Å²) in [4.78, 5) is 2.49. The molecule has 16 heavy (non-hydrogen) atoms. The van der Waals surface area contributed by atoms with Gasteiger partial charge in [0.1, 0.15) is 0 Å². The van der Waals surface area contributed by atoms with Crippen LogP contribution in [0.3, 0.4) is 0 Å². The maximum Gasteiger partial charge on any atom is 0.0236 e. The van der Waals surface area contributed by atoms with Crippen molar-refractivity contribution < 1.29 is 0 Å². The van der Waals surface area contributed by atoms with Crippen LogP contribution in [-0.2, 0) is 0 Å². The highest BCUT2D eigenvalue weighted by molar-refractivity contribution is 5.34. The molecule has 0 amide bonds. The molecule has 0 bridgehead atoms. The second kappa shape index (κ2) is 6.66. The first-order valence-electron chi connectivity index (χ1n) is 6.10. The SMILES string of the molecule is C=CC1=C(C=C)CN(CC(C)CCN)CC1. The van der Waals surface area contributed by atoms with Gasteiger partial charge in [-0.3, -0.25) is 4.90 Å². The Hall–Kier alpha value is -0.860. The molecule has 1 heterocycles. The van der Waals surface area contributed by atoms with Crippen molar-refractivity contribution in [2.75, 3.05) is 26.2 Å². The highest BCUT2D eigenvalue weighted by atomic mass is 15.1. The molecular formula is C14H24N2. The number of hydrogen-bond acceptors (Lipinski definition) is 2. The summed E-state index contributed by atoms with van der Waals surface area (Å²) >= 11 is 0. The molecule has 2 nitrogen and oxygen atoms in total. The lowest BCUT2D eigenvalue weighted by molar-refractivity contribution is 0.245. The average Bonchev–Trinajstić information content (AvgIpc) is 2.29. The van der Waals surface area contributed by atoms with Crippen LogP contribution in [-0.4, -0.2) is 31.1 Å². The third-order valence-electron chi connectivity index (χ3n) is 3.23. The van der Waals surface area contributed by atoms with E-state index in [1.807, 2.05) is 12.2 Å². The largest absolute Gasteiger partial charge is 0.330 e. The molecule has 0 spiro atoms. The van der Waals surface area contributed by atoms with E-state index in [0.717, 1.165) is 39.0 Å². The van der Waals surface area contributed by atoms with Crippen LogP contribution in [0.1, 0.15) is 19.8 Å². The summed E-state index contributed by atoms with van der Waals surface area (Å²) in [7, 11) is 0. The Bertz CT molecular complexity index is 278. The molecule has 0 fully saturated rings. The molecule has 1 unspecified atom stereocenters. The Labute approximate surface area is 99.5 Å². The summed E-state index contributed by atoms with van der Waals surface area (Å²) in [6, 6.07) is 0. The van der Waals surface area contributed by atoms with Gasteiger partial charge in [0.15, 0.2) is 0 Å². The highest BCUT2D eigenvalue weighted by Gasteiger charge is 2.17. The van der Waals surface area contributed by atoms with Crippen molar-refractivity contribution in [3.05, 3.63) is 36.5 Å². The monoisotopic (exact) mass is 220 g/mol. The molecule has 90 valence electrons. The van der Waals surface area contributed by atoms with Crippen molar-refractivity contribution in [2.24, 2.45) is 11.7 Å². The van der Waals surface area contributed by atoms with Gasteiger partial charge >= 0.3 is 0 Å². The van der Waals surface area contributed by atoms with Gasteiger partial charge in [0.05, 0.1) is 0 Å². The van der Waals surface area contributed by atoms with Crippen molar-refractivity contribution in [3.63, 3.8) is 0 Å². The minimum atomic E-state index is 0.682. The van der Waals surface area contributed by atoms with Gasteiger partial charge in [-0.1, -0.05) is 32.2 Å². The van der Waals surface area contributed by atoms with E-state index in [-0.39, 0.29) is 0 Å². The fourth-order valence-corrected chi connectivity index (χ4v) is 2.26. The Balaban J connectivity index is 2.53. The quantitative estimate of drug-likeness (QED) is 0.744. The standard InChI is InChI=1S/C14H24N2/c1-4-13-7-9-16(11-14(13)5-2)10-12(3)6-8-15/h4-5,12H,1-2,6-11,15H2,3H3. The van der Waals surface area contributed by atoms with Crippen molar-refractivity contribution >= 4 is 0 Å². The van der Waals surface area contributed by atoms with Crippen molar-refractivity contribution in [3.8, 4) is 0 Å². The maximum absolute atomic E-state index is 5.57. The molecule has 0 aromatic rings. The Morgan fingerprint density at radius 1 is 1.38 bits per heavy atom. The van der Waals surface area contributed by atoms with Crippen LogP contribution in [0.15, 0.2) is 36.5 Å². The maximum atomic E-state index is 5.57. The van der Waals surface area contributed by atoms with E-state index in [1.165, 1.54) is 11.1 Å². The van der Waals surface area contributed by atoms with Gasteiger partial charge in [-0.05, 0) is 36.5 Å². The predicted molar refractivity (Wildman–Crippen MR) is 71.3 cm³/mol. The number of rotatable bonds is 6. The molecule has 0 aliphatic carbocycles. The fourth-order valence-electron chi connectivity index (χ4n) is 2.26. The Kier molecular flexibility index (Phi) is 5.50. The van der Waals surface area contributed by atoms with E-state index in [9.17, 15) is 0 Å². The van der Waals surface area contributed by atoms with Gasteiger partial charge in [0, 0.05) is 19.6 Å². The predicted octanol–water partition coefficient (Wildman–Crippen LogP) is 2.35. The van der Waals surface area contributed by atoms with E-state index in [4.69, 9.17) is 5.73 Å². The minimum Gasteiger partial charge on any atom is -0.330 e. The van der Waals surface area contributed by atoms with Crippen LogP contribution in [0, 0.1) is 5.92 Å². The molecule has 0 saturated carbocycles. The molecule has 1 aliphatic heterocycles. The van der Waals surface area contributed by atoms with E-state index < -0.39 is 0 Å². The van der Waals surface area contributed by atoms with Crippen LogP contribution in [0.5, 0.6) is 0 Å². The zero-order valence-corrected chi connectivity index (χ0v) is 10.4. The lowest BCUT2D eigenvalue weighted by Gasteiger charge is -2.31. The molecule has 0 aromatic heterocycles. The van der Waals surface area contributed by atoms with Crippen molar-refractivity contribution in [1.29, 1.82) is 0 Å². The van der Waals surface area contributed by atoms with E-state index >= 15 is 0 Å². The van der Waals surface area contributed by atoms with Crippen LogP contribution in [0.4, 0.5) is 0 Å². The van der Waals surface area contributed by atoms with Crippen molar-refractivity contribution in [1.82, 2.24) is 4.90 Å². The molecule has 2 heteroatoms. The highest BCUT2D eigenvalue weighted by Crippen LogP contribution is 2.20. The summed E-state index contributed by atoms with van der Waals surface area (Å²) in [5.41, 5.74) is 8.27. The molecule has 0 radical (unpaired) electrons. The van der Waals surface area contributed by atoms with Crippen LogP contribution < -0.4 is 5.73 Å². The van der Waals surface area contributed by atoms with Gasteiger partial charge in [-0.2, -0.15) is 0 Å². The Morgan fingerprint density at radius 2 is 2.06 bits per heavy atom. The van der Waals surface area contributed by atoms with Crippen molar-refractivity contribution in [2.45, 2.75) is 19.8 Å². The van der Waals surface area contributed by atoms with Gasteiger partial charge in [-0.15, -0.1) is 0 Å². The number of hydrogen-bond donors (Lipinski definition) is 1. The molecule has 1 rings (SSSR count). The topological polar surface area (TPSA) is 29.3 Å². The summed E-state index contributed by atoms with van der Waals surface area (Å²) in [6.45, 7) is 14.1. The number of nitrogens with zero attached hydrogens (tertiary/aromatic N) is 1. The minimum absolute atomic E-state index is 0.682. The average molecular weight is 220 g/mol. The molecule has 0 aromatic carbocycles. The van der Waals surface area contributed by atoms with E-state index in [2.05, 4.69) is 25.0 Å². The normalized spacial score (nSPS) is 19.6. The lowest BCUT2D eigenvalue weighted by atomic mass is 9.98. The molecule has 1 aliphatic rings. The lowest BCUT2D eigenvalue weighted by Crippen LogP contribution is -2.35. The first-order valence-corrected chi connectivity index (χ1v) is 6.10. The molecular weight excluding hydrogens is 196 g/mol. The summed E-state index contributed by atoms with van der Waals surface area (Å²) < 4.78 is 0. The smallest absolute Gasteiger partial charge is 0.0236 e. The number of allylic oxidation sites excluding steroid dienone is 1.